The standard InChI is InChI=1S/C9H19N3O3/c1-6(5-7(10)12-14)11-8(13)9(2,3)15-4/h6,14H,5H2,1-4H3,(H2,10,12)(H,11,13). The van der Waals surface area contributed by atoms with E-state index >= 15 is 0 Å². The van der Waals surface area contributed by atoms with Crippen LogP contribution in [0.1, 0.15) is 27.2 Å². The van der Waals surface area contributed by atoms with Crippen LogP contribution in [0.25, 0.3) is 0 Å². The predicted octanol–water partition coefficient (Wildman–Crippen LogP) is 0.0526. The number of amidine groups is 1. The van der Waals surface area contributed by atoms with Gasteiger partial charge in [0.05, 0.1) is 0 Å². The van der Waals surface area contributed by atoms with E-state index in [2.05, 4.69) is 10.5 Å². The second-order valence-corrected chi connectivity index (χ2v) is 3.88. The van der Waals surface area contributed by atoms with Gasteiger partial charge >= 0.3 is 0 Å². The average Bonchev–Trinajstić information content (AvgIpc) is 2.17. The number of nitrogens with zero attached hydrogens (tertiary/aromatic N) is 1. The Morgan fingerprint density at radius 2 is 2.20 bits per heavy atom. The number of carbonyl (C=O) groups excluding carboxylic acids is 1. The fraction of sp³-hybridized carbons (Fsp3) is 0.778. The third-order valence-corrected chi connectivity index (χ3v) is 2.08. The van der Waals surface area contributed by atoms with E-state index in [0.29, 0.717) is 6.42 Å². The Balaban J connectivity index is 4.19. The summed E-state index contributed by atoms with van der Waals surface area (Å²) in [6, 6.07) is -0.206. The average molecular weight is 217 g/mol. The number of oxime groups is 1. The van der Waals surface area contributed by atoms with Crippen LogP contribution in [0.2, 0.25) is 0 Å². The Hall–Kier alpha value is -1.30. The van der Waals surface area contributed by atoms with Gasteiger partial charge in [-0.25, -0.2) is 0 Å². The third kappa shape index (κ3) is 4.64. The molecule has 0 aromatic rings. The van der Waals surface area contributed by atoms with Crippen LogP contribution >= 0.6 is 0 Å². The van der Waals surface area contributed by atoms with Crippen molar-refractivity contribution >= 4 is 11.7 Å². The molecule has 0 aromatic heterocycles. The quantitative estimate of drug-likeness (QED) is 0.262. The molecule has 0 radical (unpaired) electrons. The molecular formula is C9H19N3O3. The van der Waals surface area contributed by atoms with E-state index in [4.69, 9.17) is 15.7 Å². The molecule has 6 heteroatoms. The molecule has 0 saturated carbocycles. The van der Waals surface area contributed by atoms with Crippen LogP contribution in [0.4, 0.5) is 0 Å². The van der Waals surface area contributed by atoms with Gasteiger partial charge in [0.25, 0.3) is 5.91 Å². The predicted molar refractivity (Wildman–Crippen MR) is 56.7 cm³/mol. The number of rotatable bonds is 5. The lowest BCUT2D eigenvalue weighted by molar-refractivity contribution is -0.140. The summed E-state index contributed by atoms with van der Waals surface area (Å²) in [5, 5.41) is 13.9. The molecule has 6 nitrogen and oxygen atoms in total. The summed E-state index contributed by atoms with van der Waals surface area (Å²) < 4.78 is 5.01. The topological polar surface area (TPSA) is 96.9 Å². The molecule has 0 rings (SSSR count). The molecular weight excluding hydrogens is 198 g/mol. The van der Waals surface area contributed by atoms with Crippen molar-refractivity contribution in [3.05, 3.63) is 0 Å². The zero-order valence-electron chi connectivity index (χ0n) is 9.57. The van der Waals surface area contributed by atoms with Crippen molar-refractivity contribution in [3.8, 4) is 0 Å². The Kier molecular flexibility index (Phi) is 5.07. The zero-order valence-corrected chi connectivity index (χ0v) is 9.57. The van der Waals surface area contributed by atoms with E-state index in [1.807, 2.05) is 0 Å². The van der Waals surface area contributed by atoms with Crippen LogP contribution in [-0.2, 0) is 9.53 Å². The van der Waals surface area contributed by atoms with E-state index < -0.39 is 5.60 Å². The van der Waals surface area contributed by atoms with Crippen molar-refractivity contribution in [2.75, 3.05) is 7.11 Å². The van der Waals surface area contributed by atoms with Crippen LogP contribution in [0.5, 0.6) is 0 Å². The Morgan fingerprint density at radius 1 is 1.67 bits per heavy atom. The van der Waals surface area contributed by atoms with E-state index in [1.165, 1.54) is 7.11 Å². The third-order valence-electron chi connectivity index (χ3n) is 2.08. The monoisotopic (exact) mass is 217 g/mol. The molecule has 1 atom stereocenters. The van der Waals surface area contributed by atoms with Gasteiger partial charge in [0, 0.05) is 19.6 Å². The van der Waals surface area contributed by atoms with E-state index in [9.17, 15) is 4.79 Å². The molecule has 0 saturated heterocycles. The van der Waals surface area contributed by atoms with E-state index in [1.54, 1.807) is 20.8 Å². The molecule has 0 aliphatic carbocycles. The summed E-state index contributed by atoms with van der Waals surface area (Å²) >= 11 is 0. The van der Waals surface area contributed by atoms with Gasteiger partial charge in [-0.05, 0) is 20.8 Å². The first kappa shape index (κ1) is 13.7. The maximum atomic E-state index is 11.6. The van der Waals surface area contributed by atoms with Crippen molar-refractivity contribution in [2.24, 2.45) is 10.9 Å². The molecule has 1 amide bonds. The lowest BCUT2D eigenvalue weighted by Crippen LogP contribution is -2.47. The molecule has 1 unspecified atom stereocenters. The second-order valence-electron chi connectivity index (χ2n) is 3.88. The Morgan fingerprint density at radius 3 is 2.60 bits per heavy atom. The fourth-order valence-corrected chi connectivity index (χ4v) is 0.896. The number of hydrogen-bond acceptors (Lipinski definition) is 4. The van der Waals surface area contributed by atoms with E-state index in [0.717, 1.165) is 0 Å². The fourth-order valence-electron chi connectivity index (χ4n) is 0.896. The molecule has 0 bridgehead atoms. The van der Waals surface area contributed by atoms with Gasteiger partial charge in [0.1, 0.15) is 11.4 Å². The summed E-state index contributed by atoms with van der Waals surface area (Å²) in [5.74, 6) is -0.152. The van der Waals surface area contributed by atoms with Gasteiger partial charge in [0.15, 0.2) is 0 Å². The van der Waals surface area contributed by atoms with Gasteiger partial charge < -0.3 is 21.0 Å². The zero-order chi connectivity index (χ0) is 12.1. The summed E-state index contributed by atoms with van der Waals surface area (Å²) in [6.45, 7) is 5.10. The summed E-state index contributed by atoms with van der Waals surface area (Å²) in [6.07, 6.45) is 0.294. The first-order valence-corrected chi connectivity index (χ1v) is 4.66. The maximum Gasteiger partial charge on any atom is 0.251 e. The molecule has 0 aliphatic heterocycles. The summed E-state index contributed by atoms with van der Waals surface area (Å²) in [7, 11) is 1.47. The maximum absolute atomic E-state index is 11.6. The number of amides is 1. The number of carbonyl (C=O) groups is 1. The second kappa shape index (κ2) is 5.55. The molecule has 0 aliphatic rings. The summed E-state index contributed by atoms with van der Waals surface area (Å²) in [4.78, 5) is 11.6. The lowest BCUT2D eigenvalue weighted by Gasteiger charge is -2.24. The Bertz CT molecular complexity index is 251. The number of nitrogens with one attached hydrogen (secondary N) is 1. The first-order valence-electron chi connectivity index (χ1n) is 4.66. The van der Waals surface area contributed by atoms with Gasteiger partial charge in [-0.15, -0.1) is 0 Å². The normalized spacial score (nSPS) is 14.8. The van der Waals surface area contributed by atoms with Crippen molar-refractivity contribution in [2.45, 2.75) is 38.8 Å². The first-order chi connectivity index (χ1) is 6.83. The van der Waals surface area contributed by atoms with Crippen LogP contribution in [0, 0.1) is 0 Å². The highest BCUT2D eigenvalue weighted by Crippen LogP contribution is 2.07. The number of ether oxygens (including phenoxy) is 1. The number of nitrogens with two attached hydrogens (primary N) is 1. The smallest absolute Gasteiger partial charge is 0.251 e. The SMILES string of the molecule is COC(C)(C)C(=O)NC(C)CC(N)=NO. The molecule has 0 aromatic carbocycles. The molecule has 0 fully saturated rings. The summed E-state index contributed by atoms with van der Waals surface area (Å²) in [5.41, 5.74) is 4.43. The highest BCUT2D eigenvalue weighted by Gasteiger charge is 2.27. The van der Waals surface area contributed by atoms with Gasteiger partial charge in [-0.1, -0.05) is 5.16 Å². The van der Waals surface area contributed by atoms with Crippen molar-refractivity contribution in [3.63, 3.8) is 0 Å². The minimum absolute atomic E-state index is 0.0815. The van der Waals surface area contributed by atoms with Gasteiger partial charge in [0.2, 0.25) is 0 Å². The van der Waals surface area contributed by atoms with Crippen LogP contribution < -0.4 is 11.1 Å². The molecule has 0 spiro atoms. The minimum atomic E-state index is -0.876. The highest BCUT2D eigenvalue weighted by molar-refractivity contribution is 5.86. The van der Waals surface area contributed by atoms with Gasteiger partial charge in [-0.2, -0.15) is 0 Å². The largest absolute Gasteiger partial charge is 0.409 e. The van der Waals surface area contributed by atoms with Crippen LogP contribution in [0.15, 0.2) is 5.16 Å². The van der Waals surface area contributed by atoms with Crippen molar-refractivity contribution in [1.29, 1.82) is 0 Å². The van der Waals surface area contributed by atoms with Crippen molar-refractivity contribution < 1.29 is 14.7 Å². The molecule has 15 heavy (non-hydrogen) atoms. The molecule has 88 valence electrons. The lowest BCUT2D eigenvalue weighted by atomic mass is 10.1. The van der Waals surface area contributed by atoms with Crippen LogP contribution in [0.3, 0.4) is 0 Å². The number of methoxy groups -OCH3 is 1. The molecule has 0 heterocycles. The minimum Gasteiger partial charge on any atom is -0.409 e. The van der Waals surface area contributed by atoms with Crippen LogP contribution in [-0.4, -0.2) is 35.7 Å². The Labute approximate surface area is 89.5 Å². The highest BCUT2D eigenvalue weighted by atomic mass is 16.5. The number of hydrogen-bond donors (Lipinski definition) is 3. The van der Waals surface area contributed by atoms with Crippen molar-refractivity contribution in [1.82, 2.24) is 5.32 Å². The molecule has 4 N–H and O–H groups in total. The van der Waals surface area contributed by atoms with Gasteiger partial charge in [-0.3, -0.25) is 4.79 Å². The van der Waals surface area contributed by atoms with E-state index in [-0.39, 0.29) is 17.8 Å².